The Hall–Kier alpha value is -1.93. The standard InChI is InChI=1S/C22H21FN2O3S2/c1-3-22(2)15-11-8-12(16(15)29-18-17(22)30-21(28)24-18)14-13(11)19(26)25(20(14)27)10-6-4-9(23)5-7-10/h4-7,11-16H,3,8H2,1-2H3,(H,24,28)/t11-,12-,13?,14?,15?,16?,22?/m1/s1. The lowest BCUT2D eigenvalue weighted by molar-refractivity contribution is -0.123. The van der Waals surface area contributed by atoms with E-state index in [1.54, 1.807) is 11.8 Å². The average Bonchev–Trinajstić information content (AvgIpc) is 3.44. The number of anilines is 1. The van der Waals surface area contributed by atoms with E-state index in [0.29, 0.717) is 5.69 Å². The second-order valence-electron chi connectivity index (χ2n) is 9.16. The zero-order valence-corrected chi connectivity index (χ0v) is 18.2. The number of hydrogen-bond donors (Lipinski definition) is 1. The van der Waals surface area contributed by atoms with E-state index in [9.17, 15) is 18.8 Å². The lowest BCUT2D eigenvalue weighted by atomic mass is 9.62. The number of H-pyrrole nitrogens is 1. The zero-order valence-electron chi connectivity index (χ0n) is 16.6. The molecular formula is C22H21FN2O3S2. The van der Waals surface area contributed by atoms with Crippen LogP contribution in [0.25, 0.3) is 0 Å². The van der Waals surface area contributed by atoms with E-state index in [0.717, 1.165) is 22.7 Å². The number of hydrogen-bond acceptors (Lipinski definition) is 5. The Morgan fingerprint density at radius 2 is 1.80 bits per heavy atom. The molecule has 4 aliphatic rings. The van der Waals surface area contributed by atoms with Gasteiger partial charge in [0.2, 0.25) is 11.8 Å². The predicted octanol–water partition coefficient (Wildman–Crippen LogP) is 3.79. The number of fused-ring (bicyclic) bond motifs is 9. The summed E-state index contributed by atoms with van der Waals surface area (Å²) in [5.74, 6) is -0.770. The number of amides is 2. The van der Waals surface area contributed by atoms with Crippen molar-refractivity contribution >= 4 is 40.6 Å². The highest BCUT2D eigenvalue weighted by Gasteiger charge is 2.71. The van der Waals surface area contributed by atoms with Gasteiger partial charge in [-0.25, -0.2) is 4.39 Å². The van der Waals surface area contributed by atoms with Gasteiger partial charge in [-0.2, -0.15) is 0 Å². The first kappa shape index (κ1) is 18.8. The molecule has 3 fully saturated rings. The first-order chi connectivity index (χ1) is 14.3. The van der Waals surface area contributed by atoms with Crippen LogP contribution < -0.4 is 9.77 Å². The number of thiazole rings is 1. The van der Waals surface area contributed by atoms with Gasteiger partial charge in [0.25, 0.3) is 0 Å². The van der Waals surface area contributed by atoms with E-state index in [1.807, 2.05) is 0 Å². The summed E-state index contributed by atoms with van der Waals surface area (Å²) in [5, 5.41) is 1.18. The lowest BCUT2D eigenvalue weighted by Crippen LogP contribution is -2.49. The van der Waals surface area contributed by atoms with Gasteiger partial charge in [-0.3, -0.25) is 19.3 Å². The number of imide groups is 1. The number of halogens is 1. The number of nitrogens with zero attached hydrogens (tertiary/aromatic N) is 1. The molecular weight excluding hydrogens is 423 g/mol. The maximum absolute atomic E-state index is 13.4. The molecule has 7 atom stereocenters. The second-order valence-corrected chi connectivity index (χ2v) is 11.3. The summed E-state index contributed by atoms with van der Waals surface area (Å²) in [6, 6.07) is 5.59. The summed E-state index contributed by atoms with van der Waals surface area (Å²) in [4.78, 5) is 44.3. The highest BCUT2D eigenvalue weighted by atomic mass is 32.2. The number of thioether (sulfide) groups is 1. The molecule has 2 saturated carbocycles. The zero-order chi connectivity index (χ0) is 20.9. The molecule has 1 aromatic heterocycles. The molecule has 1 saturated heterocycles. The number of carbonyl (C=O) groups excluding carboxylic acids is 2. The summed E-state index contributed by atoms with van der Waals surface area (Å²) in [7, 11) is 0. The molecule has 0 spiro atoms. The maximum atomic E-state index is 13.4. The van der Waals surface area contributed by atoms with Crippen LogP contribution in [-0.2, 0) is 15.0 Å². The third-order valence-corrected chi connectivity index (χ3v) is 10.8. The number of aromatic amines is 1. The Kier molecular flexibility index (Phi) is 3.80. The number of nitrogens with one attached hydrogen (secondary N) is 1. The van der Waals surface area contributed by atoms with Crippen molar-refractivity contribution in [2.45, 2.75) is 42.4 Å². The summed E-state index contributed by atoms with van der Waals surface area (Å²) in [6.45, 7) is 4.37. The Balaban J connectivity index is 1.43. The van der Waals surface area contributed by atoms with Crippen molar-refractivity contribution in [1.29, 1.82) is 0 Å². The minimum absolute atomic E-state index is 0.0330. The maximum Gasteiger partial charge on any atom is 0.305 e. The van der Waals surface area contributed by atoms with Crippen LogP contribution >= 0.6 is 23.1 Å². The van der Waals surface area contributed by atoms with Crippen molar-refractivity contribution in [3.8, 4) is 0 Å². The largest absolute Gasteiger partial charge is 0.307 e. The molecule has 2 aromatic rings. The molecule has 156 valence electrons. The first-order valence-corrected chi connectivity index (χ1v) is 12.1. The van der Waals surface area contributed by atoms with Crippen molar-refractivity contribution in [1.82, 2.24) is 4.98 Å². The van der Waals surface area contributed by atoms with Crippen molar-refractivity contribution < 1.29 is 14.0 Å². The topological polar surface area (TPSA) is 70.2 Å². The number of rotatable bonds is 2. The quantitative estimate of drug-likeness (QED) is 0.716. The van der Waals surface area contributed by atoms with Gasteiger partial charge in [-0.1, -0.05) is 25.2 Å². The highest BCUT2D eigenvalue weighted by molar-refractivity contribution is 8.00. The summed E-state index contributed by atoms with van der Waals surface area (Å²) < 4.78 is 13.4. The average molecular weight is 445 g/mol. The van der Waals surface area contributed by atoms with E-state index in [-0.39, 0.29) is 62.8 Å². The van der Waals surface area contributed by atoms with Gasteiger partial charge in [0.1, 0.15) is 5.82 Å². The van der Waals surface area contributed by atoms with E-state index in [4.69, 9.17) is 0 Å². The molecule has 2 aliphatic carbocycles. The Morgan fingerprint density at radius 3 is 2.47 bits per heavy atom. The minimum Gasteiger partial charge on any atom is -0.307 e. The molecule has 1 aromatic carbocycles. The Bertz CT molecular complexity index is 1140. The first-order valence-electron chi connectivity index (χ1n) is 10.4. The molecule has 5 unspecified atom stereocenters. The van der Waals surface area contributed by atoms with Gasteiger partial charge >= 0.3 is 4.87 Å². The molecule has 30 heavy (non-hydrogen) atoms. The van der Waals surface area contributed by atoms with Crippen molar-refractivity contribution in [3.63, 3.8) is 0 Å². The number of aromatic nitrogens is 1. The van der Waals surface area contributed by atoms with E-state index in [1.165, 1.54) is 40.5 Å². The SMILES string of the molecule is CCC1(C)c2sc(=O)[nH]c2SC2C1[C@@H]1C[C@@H]2C2C(=O)N(c3ccc(F)cc3)C(=O)C21. The molecule has 0 radical (unpaired) electrons. The second kappa shape index (κ2) is 6.07. The fraction of sp³-hybridized carbons (Fsp3) is 0.500. The fourth-order valence-corrected chi connectivity index (χ4v) is 9.93. The van der Waals surface area contributed by atoms with E-state index < -0.39 is 0 Å². The fourth-order valence-electron chi connectivity index (χ4n) is 6.74. The van der Waals surface area contributed by atoms with Gasteiger partial charge in [-0.05, 0) is 54.9 Å². The van der Waals surface area contributed by atoms with Gasteiger partial charge < -0.3 is 4.98 Å². The molecule has 1 N–H and O–H groups in total. The van der Waals surface area contributed by atoms with Crippen LogP contribution in [-0.4, -0.2) is 22.0 Å². The van der Waals surface area contributed by atoms with Crippen molar-refractivity contribution in [2.24, 2.45) is 29.6 Å². The van der Waals surface area contributed by atoms with Crippen LogP contribution in [0, 0.1) is 35.4 Å². The van der Waals surface area contributed by atoms with Gasteiger partial charge in [0.15, 0.2) is 0 Å². The van der Waals surface area contributed by atoms with Gasteiger partial charge in [-0.15, -0.1) is 11.8 Å². The van der Waals surface area contributed by atoms with Crippen molar-refractivity contribution in [2.75, 3.05) is 4.90 Å². The molecule has 2 bridgehead atoms. The third-order valence-electron chi connectivity index (χ3n) is 8.05. The number of carbonyl (C=O) groups is 2. The Labute approximate surface area is 181 Å². The lowest BCUT2D eigenvalue weighted by Gasteiger charge is -2.48. The minimum atomic E-state index is -0.389. The molecule has 3 heterocycles. The molecule has 6 rings (SSSR count). The van der Waals surface area contributed by atoms with E-state index in [2.05, 4.69) is 18.8 Å². The third kappa shape index (κ3) is 2.16. The van der Waals surface area contributed by atoms with Crippen LogP contribution in [0.15, 0.2) is 34.1 Å². The van der Waals surface area contributed by atoms with Crippen LogP contribution in [0.2, 0.25) is 0 Å². The van der Waals surface area contributed by atoms with E-state index >= 15 is 0 Å². The van der Waals surface area contributed by atoms with Crippen LogP contribution in [0.4, 0.5) is 10.1 Å². The summed E-state index contributed by atoms with van der Waals surface area (Å²) in [6.07, 6.45) is 1.78. The smallest absolute Gasteiger partial charge is 0.305 e. The molecule has 8 heteroatoms. The summed E-state index contributed by atoms with van der Waals surface area (Å²) in [5.41, 5.74) is 0.282. The highest BCUT2D eigenvalue weighted by Crippen LogP contribution is 2.69. The van der Waals surface area contributed by atoms with Gasteiger partial charge in [0, 0.05) is 15.5 Å². The van der Waals surface area contributed by atoms with Crippen LogP contribution in [0.1, 0.15) is 31.6 Å². The number of benzene rings is 1. The molecule has 5 nitrogen and oxygen atoms in total. The van der Waals surface area contributed by atoms with Crippen LogP contribution in [0.3, 0.4) is 0 Å². The molecule has 2 amide bonds. The van der Waals surface area contributed by atoms with Gasteiger partial charge in [0.05, 0.1) is 22.5 Å². The molecule has 2 aliphatic heterocycles. The van der Waals surface area contributed by atoms with Crippen molar-refractivity contribution in [3.05, 3.63) is 44.6 Å². The Morgan fingerprint density at radius 1 is 1.13 bits per heavy atom. The summed E-state index contributed by atoms with van der Waals surface area (Å²) >= 11 is 3.00. The van der Waals surface area contributed by atoms with Crippen LogP contribution in [0.5, 0.6) is 0 Å². The normalized spacial score (nSPS) is 38.7. The monoisotopic (exact) mass is 444 g/mol. The predicted molar refractivity (Wildman–Crippen MR) is 113 cm³/mol.